The molecule has 2 aliphatic heterocycles. The van der Waals surface area contributed by atoms with Gasteiger partial charge in [-0.1, -0.05) is 17.7 Å². The molecule has 2 aliphatic rings. The van der Waals surface area contributed by atoms with Crippen molar-refractivity contribution in [1.29, 1.82) is 0 Å². The van der Waals surface area contributed by atoms with E-state index in [1.165, 1.54) is 12.8 Å². The summed E-state index contributed by atoms with van der Waals surface area (Å²) in [5.74, 6) is 0.744. The fourth-order valence-electron chi connectivity index (χ4n) is 3.22. The molecular weight excluding hydrogens is 260 g/mol. The molecule has 0 aliphatic carbocycles. The van der Waals surface area contributed by atoms with Gasteiger partial charge in [0.1, 0.15) is 0 Å². The summed E-state index contributed by atoms with van der Waals surface area (Å²) >= 11 is 6.10. The van der Waals surface area contributed by atoms with Crippen LogP contribution in [0.1, 0.15) is 28.8 Å². The van der Waals surface area contributed by atoms with Crippen molar-refractivity contribution in [3.63, 3.8) is 0 Å². The Hall–Kier alpha value is -1.06. The van der Waals surface area contributed by atoms with Crippen molar-refractivity contribution in [2.75, 3.05) is 19.6 Å². The number of nitrogens with one attached hydrogen (secondary N) is 1. The average molecular weight is 279 g/mol. The third-order valence-corrected chi connectivity index (χ3v) is 4.79. The highest BCUT2D eigenvalue weighted by Gasteiger charge is 2.36. The van der Waals surface area contributed by atoms with E-state index in [2.05, 4.69) is 5.32 Å². The lowest BCUT2D eigenvalue weighted by molar-refractivity contribution is 0.0785. The molecule has 0 aromatic heterocycles. The highest BCUT2D eigenvalue weighted by Crippen LogP contribution is 2.27. The first-order valence-electron chi connectivity index (χ1n) is 6.94. The van der Waals surface area contributed by atoms with Crippen LogP contribution in [-0.2, 0) is 0 Å². The van der Waals surface area contributed by atoms with Gasteiger partial charge in [0, 0.05) is 29.7 Å². The number of benzene rings is 1. The van der Waals surface area contributed by atoms with E-state index in [-0.39, 0.29) is 5.91 Å². The summed E-state index contributed by atoms with van der Waals surface area (Å²) in [6.45, 7) is 4.70. The minimum atomic E-state index is 0.121. The summed E-state index contributed by atoms with van der Waals surface area (Å²) < 4.78 is 0. The first-order chi connectivity index (χ1) is 9.16. The van der Waals surface area contributed by atoms with Crippen LogP contribution in [0.15, 0.2) is 18.2 Å². The van der Waals surface area contributed by atoms with E-state index in [9.17, 15) is 4.79 Å². The highest BCUT2D eigenvalue weighted by atomic mass is 35.5. The predicted molar refractivity (Wildman–Crippen MR) is 76.6 cm³/mol. The summed E-state index contributed by atoms with van der Waals surface area (Å²) in [5, 5.41) is 4.19. The number of carbonyl (C=O) groups is 1. The molecule has 0 bridgehead atoms. The van der Waals surface area contributed by atoms with Crippen molar-refractivity contribution in [3.8, 4) is 0 Å². The molecule has 2 atom stereocenters. The molecule has 1 N–H and O–H groups in total. The van der Waals surface area contributed by atoms with Crippen LogP contribution in [0, 0.1) is 12.8 Å². The lowest BCUT2D eigenvalue weighted by Crippen LogP contribution is -2.41. The molecule has 19 heavy (non-hydrogen) atoms. The van der Waals surface area contributed by atoms with Crippen LogP contribution in [0.5, 0.6) is 0 Å². The monoisotopic (exact) mass is 278 g/mol. The van der Waals surface area contributed by atoms with Gasteiger partial charge in [0.15, 0.2) is 0 Å². The molecule has 102 valence electrons. The number of carbonyl (C=O) groups excluding carboxylic acids is 1. The van der Waals surface area contributed by atoms with E-state index in [0.717, 1.165) is 30.8 Å². The van der Waals surface area contributed by atoms with Gasteiger partial charge < -0.3 is 10.2 Å². The topological polar surface area (TPSA) is 32.3 Å². The second-order valence-corrected chi connectivity index (χ2v) is 5.99. The van der Waals surface area contributed by atoms with E-state index < -0.39 is 0 Å². The molecule has 0 spiro atoms. The van der Waals surface area contributed by atoms with Gasteiger partial charge in [-0.2, -0.15) is 0 Å². The SMILES string of the molecule is Cc1c(Cl)cccc1C(=O)N1CC2CCCNC2C1. The number of likely N-dealkylation sites (tertiary alicyclic amines) is 1. The Balaban J connectivity index is 1.79. The van der Waals surface area contributed by atoms with Gasteiger partial charge in [0.25, 0.3) is 5.91 Å². The van der Waals surface area contributed by atoms with Crippen LogP contribution < -0.4 is 5.32 Å². The summed E-state index contributed by atoms with van der Waals surface area (Å²) in [6.07, 6.45) is 2.45. The van der Waals surface area contributed by atoms with E-state index in [1.807, 2.05) is 30.0 Å². The van der Waals surface area contributed by atoms with E-state index in [4.69, 9.17) is 11.6 Å². The van der Waals surface area contributed by atoms with Gasteiger partial charge in [0.2, 0.25) is 0 Å². The molecule has 0 radical (unpaired) electrons. The van der Waals surface area contributed by atoms with Crippen molar-refractivity contribution >= 4 is 17.5 Å². The van der Waals surface area contributed by atoms with Crippen molar-refractivity contribution in [2.45, 2.75) is 25.8 Å². The van der Waals surface area contributed by atoms with E-state index in [1.54, 1.807) is 0 Å². The molecule has 3 nitrogen and oxygen atoms in total. The number of halogens is 1. The van der Waals surface area contributed by atoms with Crippen molar-refractivity contribution in [2.24, 2.45) is 5.92 Å². The fraction of sp³-hybridized carbons (Fsp3) is 0.533. The largest absolute Gasteiger partial charge is 0.337 e. The summed E-state index contributed by atoms with van der Waals surface area (Å²) in [7, 11) is 0. The number of nitrogens with zero attached hydrogens (tertiary/aromatic N) is 1. The van der Waals surface area contributed by atoms with Crippen molar-refractivity contribution < 1.29 is 4.79 Å². The van der Waals surface area contributed by atoms with Crippen molar-refractivity contribution in [1.82, 2.24) is 10.2 Å². The smallest absolute Gasteiger partial charge is 0.254 e. The van der Waals surface area contributed by atoms with Gasteiger partial charge in [-0.15, -0.1) is 0 Å². The summed E-state index contributed by atoms with van der Waals surface area (Å²) in [6, 6.07) is 6.04. The van der Waals surface area contributed by atoms with Crippen LogP contribution in [0.25, 0.3) is 0 Å². The molecule has 0 saturated carbocycles. The molecule has 1 aromatic carbocycles. The van der Waals surface area contributed by atoms with Gasteiger partial charge >= 0.3 is 0 Å². The zero-order valence-corrected chi connectivity index (χ0v) is 11.9. The minimum Gasteiger partial charge on any atom is -0.337 e. The quantitative estimate of drug-likeness (QED) is 0.856. The molecule has 3 rings (SSSR count). The normalized spacial score (nSPS) is 26.3. The standard InChI is InChI=1S/C15H19ClN2O/c1-10-12(5-2-6-13(10)16)15(19)18-8-11-4-3-7-17-14(11)9-18/h2,5-6,11,14,17H,3-4,7-9H2,1H3. The molecule has 4 heteroatoms. The maximum absolute atomic E-state index is 12.6. The average Bonchev–Trinajstić information content (AvgIpc) is 2.85. The fourth-order valence-corrected chi connectivity index (χ4v) is 3.40. The first-order valence-corrected chi connectivity index (χ1v) is 7.32. The number of amides is 1. The number of hydrogen-bond donors (Lipinski definition) is 1. The zero-order chi connectivity index (χ0) is 13.4. The summed E-state index contributed by atoms with van der Waals surface area (Å²) in [5.41, 5.74) is 1.63. The molecular formula is C15H19ClN2O. The number of piperidine rings is 1. The highest BCUT2D eigenvalue weighted by molar-refractivity contribution is 6.31. The van der Waals surface area contributed by atoms with Crippen LogP contribution in [0.3, 0.4) is 0 Å². The number of fused-ring (bicyclic) bond motifs is 1. The van der Waals surface area contributed by atoms with Gasteiger partial charge in [-0.05, 0) is 49.9 Å². The molecule has 2 unspecified atom stereocenters. The molecule has 2 fully saturated rings. The summed E-state index contributed by atoms with van der Waals surface area (Å²) in [4.78, 5) is 14.6. The lowest BCUT2D eigenvalue weighted by atomic mass is 9.94. The number of hydrogen-bond acceptors (Lipinski definition) is 2. The maximum Gasteiger partial charge on any atom is 0.254 e. The van der Waals surface area contributed by atoms with Gasteiger partial charge in [0.05, 0.1) is 0 Å². The minimum absolute atomic E-state index is 0.121. The van der Waals surface area contributed by atoms with Crippen LogP contribution in [0.2, 0.25) is 5.02 Å². The molecule has 1 amide bonds. The van der Waals surface area contributed by atoms with Crippen LogP contribution in [-0.4, -0.2) is 36.5 Å². The van der Waals surface area contributed by atoms with E-state index >= 15 is 0 Å². The zero-order valence-electron chi connectivity index (χ0n) is 11.2. The molecule has 2 saturated heterocycles. The Morgan fingerprint density at radius 2 is 2.26 bits per heavy atom. The third-order valence-electron chi connectivity index (χ3n) is 4.38. The van der Waals surface area contributed by atoms with Crippen LogP contribution >= 0.6 is 11.6 Å². The molecule has 1 aromatic rings. The Morgan fingerprint density at radius 1 is 1.42 bits per heavy atom. The van der Waals surface area contributed by atoms with Crippen LogP contribution in [0.4, 0.5) is 0 Å². The number of rotatable bonds is 1. The first kappa shape index (κ1) is 12.9. The van der Waals surface area contributed by atoms with Crippen molar-refractivity contribution in [3.05, 3.63) is 34.3 Å². The second-order valence-electron chi connectivity index (χ2n) is 5.59. The Morgan fingerprint density at radius 3 is 3.05 bits per heavy atom. The Labute approximate surface area is 118 Å². The predicted octanol–water partition coefficient (Wildman–Crippen LogP) is 2.47. The lowest BCUT2D eigenvalue weighted by Gasteiger charge is -2.24. The van der Waals surface area contributed by atoms with Gasteiger partial charge in [-0.25, -0.2) is 0 Å². The maximum atomic E-state index is 12.6. The van der Waals surface area contributed by atoms with E-state index in [0.29, 0.717) is 17.0 Å². The third kappa shape index (κ3) is 2.37. The Kier molecular flexibility index (Phi) is 3.50. The second kappa shape index (κ2) is 5.14. The molecule has 2 heterocycles. The van der Waals surface area contributed by atoms with Gasteiger partial charge in [-0.3, -0.25) is 4.79 Å². The Bertz CT molecular complexity index is 489.